The van der Waals surface area contributed by atoms with Crippen molar-refractivity contribution in [3.05, 3.63) is 47.5 Å². The van der Waals surface area contributed by atoms with Crippen LogP contribution in [0.2, 0.25) is 0 Å². The van der Waals surface area contributed by atoms with Gasteiger partial charge in [0.15, 0.2) is 5.65 Å². The molecule has 9 heteroatoms. The number of hydrogen-bond donors (Lipinski definition) is 1. The van der Waals surface area contributed by atoms with Crippen molar-refractivity contribution in [2.45, 2.75) is 50.2 Å². The number of halogens is 3. The maximum absolute atomic E-state index is 13.2. The standard InChI is InChI=1S/C20H18F3N5O/c21-20(22,23)11-6-7-15-13(8-11)16(19(29)27-15)17-14-9-26-28(18(14)25-10-24-17)12-4-2-1-3-5-12/h6-10,12,16H,1-5H2,(H,27,29). The van der Waals surface area contributed by atoms with Crippen LogP contribution in [-0.4, -0.2) is 25.7 Å². The summed E-state index contributed by atoms with van der Waals surface area (Å²) >= 11 is 0. The van der Waals surface area contributed by atoms with E-state index in [9.17, 15) is 18.0 Å². The SMILES string of the molecule is O=C1Nc2ccc(C(F)(F)F)cc2C1c1ncnc2c1cnn2C1CCCCC1. The molecule has 0 spiro atoms. The van der Waals surface area contributed by atoms with E-state index in [1.165, 1.54) is 18.8 Å². The molecule has 1 aromatic carbocycles. The van der Waals surface area contributed by atoms with Gasteiger partial charge in [0.2, 0.25) is 5.91 Å². The summed E-state index contributed by atoms with van der Waals surface area (Å²) in [7, 11) is 0. The molecule has 1 saturated carbocycles. The molecule has 0 bridgehead atoms. The molecule has 1 amide bonds. The van der Waals surface area contributed by atoms with Gasteiger partial charge in [-0.05, 0) is 36.6 Å². The molecule has 5 rings (SSSR count). The van der Waals surface area contributed by atoms with Crippen LogP contribution in [0.5, 0.6) is 0 Å². The van der Waals surface area contributed by atoms with Gasteiger partial charge in [-0.3, -0.25) is 4.79 Å². The molecular formula is C20H18F3N5O. The van der Waals surface area contributed by atoms with Crippen molar-refractivity contribution in [3.8, 4) is 0 Å². The third kappa shape index (κ3) is 2.95. The van der Waals surface area contributed by atoms with Crippen LogP contribution in [0.4, 0.5) is 18.9 Å². The van der Waals surface area contributed by atoms with Crippen molar-refractivity contribution in [1.82, 2.24) is 19.7 Å². The third-order valence-electron chi connectivity index (χ3n) is 5.83. The van der Waals surface area contributed by atoms with Crippen molar-refractivity contribution in [3.63, 3.8) is 0 Å². The summed E-state index contributed by atoms with van der Waals surface area (Å²) in [5.41, 5.74) is 0.860. The van der Waals surface area contributed by atoms with Gasteiger partial charge in [0, 0.05) is 5.69 Å². The zero-order chi connectivity index (χ0) is 20.2. The molecule has 1 unspecified atom stereocenters. The number of alkyl halides is 3. The lowest BCUT2D eigenvalue weighted by molar-refractivity contribution is -0.137. The number of amides is 1. The van der Waals surface area contributed by atoms with Crippen LogP contribution in [0.15, 0.2) is 30.7 Å². The number of nitrogens with zero attached hydrogens (tertiary/aromatic N) is 4. The average molecular weight is 401 g/mol. The Bertz CT molecular complexity index is 1100. The number of rotatable bonds is 2. The van der Waals surface area contributed by atoms with Crippen molar-refractivity contribution in [2.75, 3.05) is 5.32 Å². The molecular weight excluding hydrogens is 383 g/mol. The summed E-state index contributed by atoms with van der Waals surface area (Å²) in [6.45, 7) is 0. The van der Waals surface area contributed by atoms with E-state index in [-0.39, 0.29) is 11.6 Å². The Morgan fingerprint density at radius 2 is 1.90 bits per heavy atom. The number of fused-ring (bicyclic) bond motifs is 2. The van der Waals surface area contributed by atoms with Gasteiger partial charge >= 0.3 is 6.18 Å². The van der Waals surface area contributed by atoms with Crippen LogP contribution in [-0.2, 0) is 11.0 Å². The van der Waals surface area contributed by atoms with Crippen LogP contribution in [0.3, 0.4) is 0 Å². The second-order valence-corrected chi connectivity index (χ2v) is 7.60. The highest BCUT2D eigenvalue weighted by atomic mass is 19.4. The molecule has 2 aromatic heterocycles. The lowest BCUT2D eigenvalue weighted by Crippen LogP contribution is -2.16. The number of anilines is 1. The second-order valence-electron chi connectivity index (χ2n) is 7.60. The maximum Gasteiger partial charge on any atom is 0.416 e. The third-order valence-corrected chi connectivity index (χ3v) is 5.83. The molecule has 150 valence electrons. The van der Waals surface area contributed by atoms with Gasteiger partial charge in [-0.15, -0.1) is 0 Å². The first-order valence-corrected chi connectivity index (χ1v) is 9.63. The fraction of sp³-hybridized carbons (Fsp3) is 0.400. The van der Waals surface area contributed by atoms with Crippen LogP contribution in [0.1, 0.15) is 60.9 Å². The Morgan fingerprint density at radius 3 is 2.66 bits per heavy atom. The molecule has 3 aromatic rings. The Morgan fingerprint density at radius 1 is 1.10 bits per heavy atom. The summed E-state index contributed by atoms with van der Waals surface area (Å²) in [6, 6.07) is 3.53. The van der Waals surface area contributed by atoms with Crippen LogP contribution in [0.25, 0.3) is 11.0 Å². The first kappa shape index (κ1) is 18.1. The summed E-state index contributed by atoms with van der Waals surface area (Å²) in [6.07, 6.45) is 3.98. The van der Waals surface area contributed by atoms with Crippen molar-refractivity contribution < 1.29 is 18.0 Å². The van der Waals surface area contributed by atoms with Crippen molar-refractivity contribution in [2.24, 2.45) is 0 Å². The van der Waals surface area contributed by atoms with Crippen LogP contribution in [0, 0.1) is 0 Å². The average Bonchev–Trinajstić information content (AvgIpc) is 3.27. The summed E-state index contributed by atoms with van der Waals surface area (Å²) in [5, 5.41) is 7.76. The lowest BCUT2D eigenvalue weighted by Gasteiger charge is -2.22. The molecule has 1 atom stereocenters. The first-order chi connectivity index (χ1) is 13.9. The molecule has 1 fully saturated rings. The molecule has 0 radical (unpaired) electrons. The molecule has 2 aliphatic rings. The maximum atomic E-state index is 13.2. The van der Waals surface area contributed by atoms with E-state index in [0.717, 1.165) is 37.8 Å². The number of hydrogen-bond acceptors (Lipinski definition) is 4. The minimum absolute atomic E-state index is 0.241. The van der Waals surface area contributed by atoms with Gasteiger partial charge in [-0.25, -0.2) is 14.6 Å². The van der Waals surface area contributed by atoms with E-state index in [2.05, 4.69) is 20.4 Å². The number of nitrogens with one attached hydrogen (secondary N) is 1. The lowest BCUT2D eigenvalue weighted by atomic mass is 9.93. The van der Waals surface area contributed by atoms with Gasteiger partial charge in [0.25, 0.3) is 0 Å². The second kappa shape index (κ2) is 6.53. The van der Waals surface area contributed by atoms with E-state index in [1.54, 1.807) is 6.20 Å². The molecule has 0 saturated heterocycles. The molecule has 1 N–H and O–H groups in total. The predicted octanol–water partition coefficient (Wildman–Crippen LogP) is 4.43. The van der Waals surface area contributed by atoms with Gasteiger partial charge in [-0.2, -0.15) is 18.3 Å². The minimum atomic E-state index is -4.49. The topological polar surface area (TPSA) is 72.7 Å². The fourth-order valence-electron chi connectivity index (χ4n) is 4.41. The van der Waals surface area contributed by atoms with E-state index in [0.29, 0.717) is 22.4 Å². The molecule has 1 aliphatic heterocycles. The smallest absolute Gasteiger partial charge is 0.325 e. The fourth-order valence-corrected chi connectivity index (χ4v) is 4.41. The highest BCUT2D eigenvalue weighted by molar-refractivity contribution is 6.06. The molecule has 3 heterocycles. The Kier molecular flexibility index (Phi) is 4.07. The van der Waals surface area contributed by atoms with Crippen LogP contribution < -0.4 is 5.32 Å². The van der Waals surface area contributed by atoms with Crippen LogP contribution >= 0.6 is 0 Å². The van der Waals surface area contributed by atoms with E-state index in [4.69, 9.17) is 0 Å². The Labute approximate surface area is 164 Å². The quantitative estimate of drug-likeness (QED) is 0.689. The van der Waals surface area contributed by atoms with Crippen molar-refractivity contribution in [1.29, 1.82) is 0 Å². The van der Waals surface area contributed by atoms with Gasteiger partial charge < -0.3 is 5.32 Å². The van der Waals surface area contributed by atoms with Gasteiger partial charge in [0.05, 0.1) is 28.9 Å². The number of carbonyl (C=O) groups excluding carboxylic acids is 1. The summed E-state index contributed by atoms with van der Waals surface area (Å²) in [4.78, 5) is 21.3. The highest BCUT2D eigenvalue weighted by Crippen LogP contribution is 2.42. The number of benzene rings is 1. The molecule has 29 heavy (non-hydrogen) atoms. The van der Waals surface area contributed by atoms with E-state index in [1.807, 2.05) is 4.68 Å². The zero-order valence-corrected chi connectivity index (χ0v) is 15.4. The first-order valence-electron chi connectivity index (χ1n) is 9.63. The van der Waals surface area contributed by atoms with E-state index < -0.39 is 23.6 Å². The normalized spacial score (nSPS) is 20.1. The van der Waals surface area contributed by atoms with Gasteiger partial charge in [-0.1, -0.05) is 19.3 Å². The summed E-state index contributed by atoms with van der Waals surface area (Å²) in [5.74, 6) is -1.33. The zero-order valence-electron chi connectivity index (χ0n) is 15.4. The molecule has 1 aliphatic carbocycles. The number of aromatic nitrogens is 4. The Hall–Kier alpha value is -2.97. The minimum Gasteiger partial charge on any atom is -0.325 e. The number of carbonyl (C=O) groups is 1. The monoisotopic (exact) mass is 401 g/mol. The van der Waals surface area contributed by atoms with Gasteiger partial charge in [0.1, 0.15) is 12.2 Å². The van der Waals surface area contributed by atoms with E-state index >= 15 is 0 Å². The Balaban J connectivity index is 1.62. The molecule has 6 nitrogen and oxygen atoms in total. The predicted molar refractivity (Wildman–Crippen MR) is 99.4 cm³/mol. The summed E-state index contributed by atoms with van der Waals surface area (Å²) < 4.78 is 41.5. The largest absolute Gasteiger partial charge is 0.416 e. The highest BCUT2D eigenvalue weighted by Gasteiger charge is 2.38. The van der Waals surface area contributed by atoms with Crippen molar-refractivity contribution >= 4 is 22.6 Å².